The number of hydrogen-bond donors (Lipinski definition) is 1. The Balaban J connectivity index is 3.00. The van der Waals surface area contributed by atoms with Gasteiger partial charge in [-0.2, -0.15) is 5.26 Å². The largest absolute Gasteiger partial charge is 0.493 e. The van der Waals surface area contributed by atoms with Crippen molar-refractivity contribution >= 4 is 23.1 Å². The van der Waals surface area contributed by atoms with Crippen LogP contribution in [0.5, 0.6) is 11.5 Å². The van der Waals surface area contributed by atoms with Crippen molar-refractivity contribution in [1.29, 1.82) is 5.26 Å². The van der Waals surface area contributed by atoms with Crippen LogP contribution < -0.4 is 15.2 Å². The van der Waals surface area contributed by atoms with Crippen molar-refractivity contribution in [2.45, 2.75) is 12.8 Å². The number of Topliss-reactive ketones (excluding diaryl/α,β-unsaturated/α-hetero) is 1. The molecule has 0 radical (unpaired) electrons. The van der Waals surface area contributed by atoms with Gasteiger partial charge in [-0.05, 0) is 12.5 Å². The van der Waals surface area contributed by atoms with Crippen LogP contribution in [-0.2, 0) is 0 Å². The van der Waals surface area contributed by atoms with Crippen LogP contribution in [0, 0.1) is 11.3 Å². The normalized spacial score (nSPS) is 9.74. The third-order valence-corrected chi connectivity index (χ3v) is 2.68. The van der Waals surface area contributed by atoms with E-state index in [0.29, 0.717) is 30.4 Å². The molecular formula is C13H15ClN2O3. The fourth-order valence-electron chi connectivity index (χ4n) is 1.49. The molecule has 0 spiro atoms. The van der Waals surface area contributed by atoms with Crippen molar-refractivity contribution in [3.63, 3.8) is 0 Å². The van der Waals surface area contributed by atoms with E-state index in [2.05, 4.69) is 0 Å². The van der Waals surface area contributed by atoms with Crippen LogP contribution in [-0.4, -0.2) is 25.4 Å². The Bertz CT molecular complexity index is 497. The van der Waals surface area contributed by atoms with Gasteiger partial charge in [-0.25, -0.2) is 0 Å². The second-order valence-electron chi connectivity index (χ2n) is 3.74. The van der Waals surface area contributed by atoms with Gasteiger partial charge in [0, 0.05) is 23.2 Å². The zero-order valence-corrected chi connectivity index (χ0v) is 11.4. The van der Waals surface area contributed by atoms with E-state index in [0.717, 1.165) is 0 Å². The minimum absolute atomic E-state index is 0.222. The smallest absolute Gasteiger partial charge is 0.179 e. The zero-order valence-electron chi connectivity index (χ0n) is 10.6. The van der Waals surface area contributed by atoms with Gasteiger partial charge in [-0.15, -0.1) is 11.6 Å². The van der Waals surface area contributed by atoms with Crippen molar-refractivity contribution in [3.05, 3.63) is 17.7 Å². The molecule has 1 rings (SSSR count). The number of nitrogens with two attached hydrogens (primary N) is 1. The molecule has 6 heteroatoms. The van der Waals surface area contributed by atoms with Crippen molar-refractivity contribution in [3.8, 4) is 17.6 Å². The number of ketones is 1. The summed E-state index contributed by atoms with van der Waals surface area (Å²) in [6, 6.07) is 4.81. The minimum atomic E-state index is -0.342. The number of carbonyl (C=O) groups excluding carboxylic acids is 1. The Labute approximate surface area is 116 Å². The van der Waals surface area contributed by atoms with Crippen molar-refractivity contribution in [1.82, 2.24) is 0 Å². The first-order valence-corrected chi connectivity index (χ1v) is 6.24. The Hall–Kier alpha value is -1.93. The number of nitrogens with zero attached hydrogens (tertiary/aromatic N) is 1. The highest BCUT2D eigenvalue weighted by Crippen LogP contribution is 2.32. The molecule has 0 bridgehead atoms. The second kappa shape index (κ2) is 7.49. The number of anilines is 1. The monoisotopic (exact) mass is 282 g/mol. The van der Waals surface area contributed by atoms with Gasteiger partial charge in [0.1, 0.15) is 0 Å². The number of hydrogen-bond acceptors (Lipinski definition) is 5. The summed E-state index contributed by atoms with van der Waals surface area (Å²) in [5.41, 5.74) is 6.32. The number of carbonyl (C=O) groups is 1. The summed E-state index contributed by atoms with van der Waals surface area (Å²) < 4.78 is 10.6. The van der Waals surface area contributed by atoms with Crippen molar-refractivity contribution in [2.75, 3.05) is 25.3 Å². The summed E-state index contributed by atoms with van der Waals surface area (Å²) in [7, 11) is 1.47. The Kier molecular flexibility index (Phi) is 5.97. The van der Waals surface area contributed by atoms with E-state index < -0.39 is 0 Å². The molecule has 0 aliphatic rings. The fourth-order valence-corrected chi connectivity index (χ4v) is 1.60. The summed E-state index contributed by atoms with van der Waals surface area (Å²) >= 11 is 5.56. The molecule has 0 heterocycles. The number of alkyl halides is 1. The lowest BCUT2D eigenvalue weighted by molar-refractivity contribution is 0.0998. The molecule has 0 aromatic heterocycles. The van der Waals surface area contributed by atoms with Gasteiger partial charge in [0.05, 0.1) is 26.2 Å². The summed E-state index contributed by atoms with van der Waals surface area (Å²) in [6.07, 6.45) is 0.472. The first-order valence-electron chi connectivity index (χ1n) is 5.70. The van der Waals surface area contributed by atoms with Gasteiger partial charge in [0.25, 0.3) is 0 Å². The third-order valence-electron chi connectivity index (χ3n) is 2.41. The van der Waals surface area contributed by atoms with Crippen LogP contribution in [0.2, 0.25) is 0 Å². The average Bonchev–Trinajstić information content (AvgIpc) is 2.39. The lowest BCUT2D eigenvalue weighted by Gasteiger charge is -2.13. The van der Waals surface area contributed by atoms with Crippen LogP contribution in [0.15, 0.2) is 12.1 Å². The lowest BCUT2D eigenvalue weighted by atomic mass is 10.1. The van der Waals surface area contributed by atoms with Crippen LogP contribution in [0.4, 0.5) is 5.69 Å². The predicted octanol–water partition coefficient (Wildman–Crippen LogP) is 2.38. The number of halogens is 1. The van der Waals surface area contributed by atoms with Crippen molar-refractivity contribution < 1.29 is 14.3 Å². The SMILES string of the molecule is COc1cc(C(=O)CC#N)c(N)cc1OCCCCl. The molecule has 1 aromatic carbocycles. The van der Waals surface area contributed by atoms with E-state index >= 15 is 0 Å². The molecule has 1 aromatic rings. The zero-order chi connectivity index (χ0) is 14.3. The molecule has 2 N–H and O–H groups in total. The average molecular weight is 283 g/mol. The maximum atomic E-state index is 11.7. The summed E-state index contributed by atoms with van der Waals surface area (Å²) in [5, 5.41) is 8.53. The molecule has 0 aliphatic heterocycles. The third kappa shape index (κ3) is 4.04. The fraction of sp³-hybridized carbons (Fsp3) is 0.385. The molecule has 0 saturated carbocycles. The minimum Gasteiger partial charge on any atom is -0.493 e. The second-order valence-corrected chi connectivity index (χ2v) is 4.12. The lowest BCUT2D eigenvalue weighted by Crippen LogP contribution is -2.06. The molecule has 5 nitrogen and oxygen atoms in total. The Morgan fingerprint density at radius 3 is 2.79 bits per heavy atom. The maximum absolute atomic E-state index is 11.7. The maximum Gasteiger partial charge on any atom is 0.179 e. The Morgan fingerprint density at radius 2 is 2.21 bits per heavy atom. The standard InChI is InChI=1S/C13H15ClN2O3/c1-18-12-7-9(11(17)3-5-15)10(16)8-13(12)19-6-2-4-14/h7-8H,2-4,6,16H2,1H3. The van der Waals surface area contributed by atoms with E-state index in [9.17, 15) is 4.79 Å². The van der Waals surface area contributed by atoms with Gasteiger partial charge in [-0.3, -0.25) is 4.79 Å². The number of ether oxygens (including phenoxy) is 2. The molecule has 0 aliphatic carbocycles. The molecule has 0 amide bonds. The van der Waals surface area contributed by atoms with Crippen LogP contribution >= 0.6 is 11.6 Å². The van der Waals surface area contributed by atoms with Crippen LogP contribution in [0.25, 0.3) is 0 Å². The van der Waals surface area contributed by atoms with E-state index in [-0.39, 0.29) is 23.5 Å². The molecule has 0 unspecified atom stereocenters. The van der Waals surface area contributed by atoms with Gasteiger partial charge in [-0.1, -0.05) is 0 Å². The summed E-state index contributed by atoms with van der Waals surface area (Å²) in [6.45, 7) is 0.435. The van der Waals surface area contributed by atoms with Gasteiger partial charge in [0.15, 0.2) is 17.3 Å². The quantitative estimate of drug-likeness (QED) is 0.359. The summed E-state index contributed by atoms with van der Waals surface area (Å²) in [5.74, 6) is 1.02. The van der Waals surface area contributed by atoms with Gasteiger partial charge in [0.2, 0.25) is 0 Å². The molecule has 0 atom stereocenters. The van der Waals surface area contributed by atoms with Gasteiger partial charge >= 0.3 is 0 Å². The Morgan fingerprint density at radius 1 is 1.47 bits per heavy atom. The first kappa shape index (κ1) is 15.1. The van der Waals surface area contributed by atoms with E-state index in [4.69, 9.17) is 32.1 Å². The number of nitriles is 1. The highest BCUT2D eigenvalue weighted by atomic mass is 35.5. The van der Waals surface area contributed by atoms with E-state index in [1.54, 1.807) is 6.07 Å². The summed E-state index contributed by atoms with van der Waals surface area (Å²) in [4.78, 5) is 11.7. The topological polar surface area (TPSA) is 85.3 Å². The molecule has 19 heavy (non-hydrogen) atoms. The highest BCUT2D eigenvalue weighted by Gasteiger charge is 2.15. The van der Waals surface area contributed by atoms with Crippen LogP contribution in [0.3, 0.4) is 0 Å². The van der Waals surface area contributed by atoms with E-state index in [1.807, 2.05) is 0 Å². The van der Waals surface area contributed by atoms with E-state index in [1.165, 1.54) is 19.2 Å². The molecule has 0 fully saturated rings. The van der Waals surface area contributed by atoms with Crippen molar-refractivity contribution in [2.24, 2.45) is 0 Å². The predicted molar refractivity (Wildman–Crippen MR) is 72.8 cm³/mol. The number of rotatable bonds is 7. The number of methoxy groups -OCH3 is 1. The number of nitrogen functional groups attached to an aromatic ring is 1. The van der Waals surface area contributed by atoms with Crippen LogP contribution in [0.1, 0.15) is 23.2 Å². The highest BCUT2D eigenvalue weighted by molar-refractivity contribution is 6.17. The first-order chi connectivity index (χ1) is 9.13. The van der Waals surface area contributed by atoms with Gasteiger partial charge < -0.3 is 15.2 Å². The molecule has 0 saturated heterocycles. The molecule has 102 valence electrons. The number of benzene rings is 1. The molecular weight excluding hydrogens is 268 g/mol.